The Kier molecular flexibility index (Phi) is 5.52. The molecule has 0 unspecified atom stereocenters. The molecule has 0 heterocycles. The third kappa shape index (κ3) is 5.08. The van der Waals surface area contributed by atoms with Crippen molar-refractivity contribution in [2.75, 3.05) is 7.11 Å². The van der Waals surface area contributed by atoms with E-state index in [1.54, 1.807) is 7.11 Å². The smallest absolute Gasteiger partial charge is 0.236 e. The van der Waals surface area contributed by atoms with Crippen molar-refractivity contribution in [3.63, 3.8) is 0 Å². The van der Waals surface area contributed by atoms with E-state index in [0.717, 1.165) is 11.1 Å². The van der Waals surface area contributed by atoms with Crippen molar-refractivity contribution >= 4 is 9.76 Å². The minimum atomic E-state index is -0.416. The van der Waals surface area contributed by atoms with Gasteiger partial charge < -0.3 is 9.16 Å². The molecule has 1 rings (SSSR count). The molecule has 3 nitrogen and oxygen atoms in total. The predicted molar refractivity (Wildman–Crippen MR) is 81.5 cm³/mol. The van der Waals surface area contributed by atoms with Gasteiger partial charge in [-0.2, -0.15) is 5.26 Å². The Morgan fingerprint density at radius 2 is 1.80 bits per heavy atom. The monoisotopic (exact) mass is 289 g/mol. The number of hydrogen-bond acceptors (Lipinski definition) is 3. The molecular formula is C16H23NO2Si. The molecule has 0 fully saturated rings. The van der Waals surface area contributed by atoms with E-state index in [2.05, 4.69) is 32.9 Å². The third-order valence-corrected chi connectivity index (χ3v) is 3.97. The van der Waals surface area contributed by atoms with E-state index in [0.29, 0.717) is 21.9 Å². The van der Waals surface area contributed by atoms with Crippen LogP contribution in [-0.4, -0.2) is 16.9 Å². The summed E-state index contributed by atoms with van der Waals surface area (Å²) in [5, 5.41) is 9.29. The van der Waals surface area contributed by atoms with Gasteiger partial charge in [-0.15, -0.1) is 0 Å². The van der Waals surface area contributed by atoms with Crippen molar-refractivity contribution in [1.29, 1.82) is 5.26 Å². The zero-order chi connectivity index (χ0) is 15.4. The lowest BCUT2D eigenvalue weighted by molar-refractivity contribution is 0.109. The fourth-order valence-electron chi connectivity index (χ4n) is 1.69. The molecule has 1 aromatic carbocycles. The summed E-state index contributed by atoms with van der Waals surface area (Å²) in [6.45, 7) is 11.1. The summed E-state index contributed by atoms with van der Waals surface area (Å²) in [7, 11) is 2.05. The van der Waals surface area contributed by atoms with Gasteiger partial charge in [-0.25, -0.2) is 0 Å². The molecule has 0 bridgehead atoms. The normalized spacial score (nSPS) is 12.2. The number of nitrogens with zero attached hydrogens (tertiary/aromatic N) is 1. The third-order valence-electron chi connectivity index (χ3n) is 2.74. The topological polar surface area (TPSA) is 42.2 Å². The second-order valence-corrected chi connectivity index (χ2v) is 8.34. The van der Waals surface area contributed by atoms with Crippen LogP contribution in [0.15, 0.2) is 18.2 Å². The fraction of sp³-hybridized carbons (Fsp3) is 0.562. The zero-order valence-corrected chi connectivity index (χ0v) is 14.2. The fourth-order valence-corrected chi connectivity index (χ4v) is 2.37. The summed E-state index contributed by atoms with van der Waals surface area (Å²) in [4.78, 5) is 0. The Morgan fingerprint density at radius 1 is 1.15 bits per heavy atom. The Labute approximate surface area is 124 Å². The van der Waals surface area contributed by atoms with Crippen LogP contribution in [0, 0.1) is 11.3 Å². The van der Waals surface area contributed by atoms with Crippen LogP contribution in [0.4, 0.5) is 0 Å². The summed E-state index contributed by atoms with van der Waals surface area (Å²) < 4.78 is 11.3. The SMILES string of the molecule is COCc1cc(C#N)cc(C(C)(C)O[Si]C(C)(C)C)c1. The first-order chi connectivity index (χ1) is 9.18. The summed E-state index contributed by atoms with van der Waals surface area (Å²) in [5.41, 5.74) is 2.24. The molecule has 0 atom stereocenters. The van der Waals surface area contributed by atoms with Gasteiger partial charge in [0.2, 0.25) is 9.76 Å². The van der Waals surface area contributed by atoms with Crippen molar-refractivity contribution in [2.24, 2.45) is 0 Å². The van der Waals surface area contributed by atoms with Crippen LogP contribution in [0.25, 0.3) is 0 Å². The quantitative estimate of drug-likeness (QED) is 0.774. The summed E-state index contributed by atoms with van der Waals surface area (Å²) in [5.74, 6) is 0. The second kappa shape index (κ2) is 6.53. The number of benzene rings is 1. The second-order valence-electron chi connectivity index (χ2n) is 6.43. The molecule has 0 aromatic heterocycles. The van der Waals surface area contributed by atoms with Crippen LogP contribution >= 0.6 is 0 Å². The number of hydrogen-bond donors (Lipinski definition) is 0. The van der Waals surface area contributed by atoms with Crippen LogP contribution in [0.5, 0.6) is 0 Å². The van der Waals surface area contributed by atoms with Gasteiger partial charge >= 0.3 is 0 Å². The van der Waals surface area contributed by atoms with Gasteiger partial charge in [0.25, 0.3) is 0 Å². The lowest BCUT2D eigenvalue weighted by atomic mass is 9.94. The van der Waals surface area contributed by atoms with Crippen molar-refractivity contribution < 1.29 is 9.16 Å². The molecule has 0 saturated heterocycles. The van der Waals surface area contributed by atoms with Crippen LogP contribution < -0.4 is 0 Å². The van der Waals surface area contributed by atoms with E-state index in [4.69, 9.17) is 14.4 Å². The molecule has 0 N–H and O–H groups in total. The Bertz CT molecular complexity index is 498. The van der Waals surface area contributed by atoms with E-state index in [-0.39, 0.29) is 5.04 Å². The molecule has 0 aliphatic heterocycles. The van der Waals surface area contributed by atoms with E-state index in [1.165, 1.54) is 0 Å². The molecule has 0 amide bonds. The van der Waals surface area contributed by atoms with Gasteiger partial charge in [-0.1, -0.05) is 26.8 Å². The lowest BCUT2D eigenvalue weighted by Gasteiger charge is -2.30. The van der Waals surface area contributed by atoms with Crippen molar-refractivity contribution in [3.8, 4) is 6.07 Å². The molecule has 0 aliphatic carbocycles. The van der Waals surface area contributed by atoms with Crippen molar-refractivity contribution in [2.45, 2.75) is 51.9 Å². The molecule has 2 radical (unpaired) electrons. The minimum Gasteiger partial charge on any atom is -0.408 e. The Balaban J connectivity index is 3.04. The van der Waals surface area contributed by atoms with Crippen molar-refractivity contribution in [1.82, 2.24) is 0 Å². The van der Waals surface area contributed by atoms with Gasteiger partial charge in [0, 0.05) is 7.11 Å². The van der Waals surface area contributed by atoms with Crippen LogP contribution in [0.3, 0.4) is 0 Å². The maximum Gasteiger partial charge on any atom is 0.236 e. The van der Waals surface area contributed by atoms with Gasteiger partial charge in [0.15, 0.2) is 0 Å². The molecule has 108 valence electrons. The highest BCUT2D eigenvalue weighted by Crippen LogP contribution is 2.30. The molecule has 0 aliphatic rings. The van der Waals surface area contributed by atoms with Crippen molar-refractivity contribution in [3.05, 3.63) is 34.9 Å². The first-order valence-corrected chi connectivity index (χ1v) is 7.57. The van der Waals surface area contributed by atoms with E-state index >= 15 is 0 Å². The predicted octanol–water partition coefficient (Wildman–Crippen LogP) is 3.79. The highest BCUT2D eigenvalue weighted by molar-refractivity contribution is 6.31. The standard InChI is InChI=1S/C16H23NO2Si/c1-15(2,3)20-19-16(4,5)14-8-12(10-17)7-13(9-14)11-18-6/h7-9H,11H2,1-6H3. The van der Waals surface area contributed by atoms with Crippen LogP contribution in [0.2, 0.25) is 5.04 Å². The van der Waals surface area contributed by atoms with Gasteiger partial charge in [0.1, 0.15) is 0 Å². The molecule has 1 aromatic rings. The molecule has 4 heteroatoms. The molecule has 0 saturated carbocycles. The maximum absolute atomic E-state index is 9.15. The average molecular weight is 289 g/mol. The minimum absolute atomic E-state index is 0.138. The van der Waals surface area contributed by atoms with Gasteiger partial charge in [-0.05, 0) is 42.1 Å². The number of ether oxygens (including phenoxy) is 1. The van der Waals surface area contributed by atoms with E-state index < -0.39 is 5.60 Å². The Morgan fingerprint density at radius 3 is 2.30 bits per heavy atom. The maximum atomic E-state index is 9.15. The number of methoxy groups -OCH3 is 1. The Hall–Kier alpha value is -1.15. The number of rotatable bonds is 5. The number of nitriles is 1. The molecule has 0 spiro atoms. The van der Waals surface area contributed by atoms with Crippen LogP contribution in [0.1, 0.15) is 51.3 Å². The largest absolute Gasteiger partial charge is 0.408 e. The van der Waals surface area contributed by atoms with E-state index in [9.17, 15) is 0 Å². The highest BCUT2D eigenvalue weighted by Gasteiger charge is 2.26. The highest BCUT2D eigenvalue weighted by atomic mass is 28.2. The lowest BCUT2D eigenvalue weighted by Crippen LogP contribution is -2.27. The van der Waals surface area contributed by atoms with Gasteiger partial charge in [-0.3, -0.25) is 0 Å². The summed E-state index contributed by atoms with van der Waals surface area (Å²) >= 11 is 0. The molecule has 20 heavy (non-hydrogen) atoms. The zero-order valence-electron chi connectivity index (χ0n) is 13.2. The summed E-state index contributed by atoms with van der Waals surface area (Å²) in [6, 6.07) is 8.01. The summed E-state index contributed by atoms with van der Waals surface area (Å²) in [6.07, 6.45) is 0. The van der Waals surface area contributed by atoms with Gasteiger partial charge in [0.05, 0.1) is 23.8 Å². The first-order valence-electron chi connectivity index (χ1n) is 6.66. The van der Waals surface area contributed by atoms with Crippen LogP contribution in [-0.2, 0) is 21.4 Å². The van der Waals surface area contributed by atoms with E-state index in [1.807, 2.05) is 26.0 Å². The molecular weight excluding hydrogens is 266 g/mol. The first kappa shape index (κ1) is 16.9. The average Bonchev–Trinajstić information content (AvgIpc) is 2.36.